The average Bonchev–Trinajstić information content (AvgIpc) is 2.64. The molecule has 2 rings (SSSR count). The monoisotopic (exact) mass is 468 g/mol. The minimum absolute atomic E-state index is 0.0256. The standard InChI is InChI=1S/C21H25IO4/c1-14(23)12-25-20-10-9-18(11-19(20)22)15(2)16(3)21(24)26-13-17-7-5-4-6-8-17/h4-11,14-16,23H,12-13H2,1-3H3. The summed E-state index contributed by atoms with van der Waals surface area (Å²) in [7, 11) is 0. The molecule has 26 heavy (non-hydrogen) atoms. The normalized spacial score (nSPS) is 14.3. The van der Waals surface area contributed by atoms with Gasteiger partial charge in [-0.25, -0.2) is 0 Å². The lowest BCUT2D eigenvalue weighted by Gasteiger charge is -2.20. The van der Waals surface area contributed by atoms with Crippen molar-refractivity contribution >= 4 is 28.6 Å². The Morgan fingerprint density at radius 2 is 1.81 bits per heavy atom. The van der Waals surface area contributed by atoms with Gasteiger partial charge in [0.1, 0.15) is 19.0 Å². The zero-order valence-electron chi connectivity index (χ0n) is 15.3. The summed E-state index contributed by atoms with van der Waals surface area (Å²) < 4.78 is 12.0. The second-order valence-electron chi connectivity index (χ2n) is 6.52. The van der Waals surface area contributed by atoms with E-state index in [1.165, 1.54) is 0 Å². The van der Waals surface area contributed by atoms with Crippen LogP contribution >= 0.6 is 22.6 Å². The molecule has 0 amide bonds. The van der Waals surface area contributed by atoms with Crippen molar-refractivity contribution in [2.75, 3.05) is 6.61 Å². The summed E-state index contributed by atoms with van der Waals surface area (Å²) in [6, 6.07) is 15.5. The Labute approximate surface area is 168 Å². The second kappa shape index (κ2) is 9.92. The van der Waals surface area contributed by atoms with Gasteiger partial charge in [0, 0.05) is 0 Å². The lowest BCUT2D eigenvalue weighted by molar-refractivity contribution is -0.149. The molecule has 1 N–H and O–H groups in total. The molecule has 0 bridgehead atoms. The molecule has 0 aliphatic heterocycles. The fourth-order valence-corrected chi connectivity index (χ4v) is 3.18. The maximum atomic E-state index is 12.4. The third-order valence-corrected chi connectivity index (χ3v) is 5.15. The molecule has 0 aliphatic carbocycles. The van der Waals surface area contributed by atoms with Gasteiger partial charge in [-0.15, -0.1) is 0 Å². The quantitative estimate of drug-likeness (QED) is 0.457. The first-order chi connectivity index (χ1) is 12.4. The van der Waals surface area contributed by atoms with Crippen LogP contribution in [0.1, 0.15) is 37.8 Å². The maximum Gasteiger partial charge on any atom is 0.309 e. The van der Waals surface area contributed by atoms with Crippen LogP contribution in [0.4, 0.5) is 0 Å². The van der Waals surface area contributed by atoms with Gasteiger partial charge in [0.15, 0.2) is 0 Å². The Kier molecular flexibility index (Phi) is 7.90. The van der Waals surface area contributed by atoms with Gasteiger partial charge in [0.05, 0.1) is 15.6 Å². The topological polar surface area (TPSA) is 55.8 Å². The summed E-state index contributed by atoms with van der Waals surface area (Å²) in [6.07, 6.45) is -0.510. The van der Waals surface area contributed by atoms with Crippen LogP contribution in [0, 0.1) is 9.49 Å². The van der Waals surface area contributed by atoms with E-state index in [0.29, 0.717) is 6.61 Å². The Hall–Kier alpha value is -1.60. The molecule has 0 heterocycles. The molecule has 0 fully saturated rings. The van der Waals surface area contributed by atoms with Gasteiger partial charge in [-0.1, -0.05) is 50.2 Å². The highest BCUT2D eigenvalue weighted by atomic mass is 127. The van der Waals surface area contributed by atoms with Crippen LogP contribution in [-0.4, -0.2) is 23.8 Å². The predicted octanol–water partition coefficient (Wildman–Crippen LogP) is 4.53. The number of hydrogen-bond donors (Lipinski definition) is 1. The first-order valence-electron chi connectivity index (χ1n) is 8.69. The van der Waals surface area contributed by atoms with E-state index in [9.17, 15) is 9.90 Å². The third kappa shape index (κ3) is 5.99. The molecule has 0 aromatic heterocycles. The lowest BCUT2D eigenvalue weighted by Crippen LogP contribution is -2.20. The molecule has 0 saturated carbocycles. The number of aliphatic hydroxyl groups excluding tert-OH is 1. The molecule has 0 aliphatic rings. The molecule has 140 valence electrons. The van der Waals surface area contributed by atoms with Crippen LogP contribution in [0.3, 0.4) is 0 Å². The molecule has 0 saturated heterocycles. The minimum Gasteiger partial charge on any atom is -0.490 e. The molecule has 0 radical (unpaired) electrons. The number of halogens is 1. The first-order valence-corrected chi connectivity index (χ1v) is 9.77. The van der Waals surface area contributed by atoms with Crippen LogP contribution < -0.4 is 4.74 Å². The van der Waals surface area contributed by atoms with Crippen LogP contribution in [0.15, 0.2) is 48.5 Å². The summed E-state index contributed by atoms with van der Waals surface area (Å²) in [5, 5.41) is 9.34. The number of carbonyl (C=O) groups is 1. The Balaban J connectivity index is 1.97. The van der Waals surface area contributed by atoms with Crippen molar-refractivity contribution in [1.82, 2.24) is 0 Å². The van der Waals surface area contributed by atoms with Gasteiger partial charge in [0.25, 0.3) is 0 Å². The summed E-state index contributed by atoms with van der Waals surface area (Å²) in [5.41, 5.74) is 2.04. The summed E-state index contributed by atoms with van der Waals surface area (Å²) in [5.74, 6) is 0.309. The van der Waals surface area contributed by atoms with Gasteiger partial charge < -0.3 is 14.6 Å². The van der Waals surface area contributed by atoms with E-state index in [4.69, 9.17) is 9.47 Å². The third-order valence-electron chi connectivity index (χ3n) is 4.31. The highest BCUT2D eigenvalue weighted by Gasteiger charge is 2.23. The summed E-state index contributed by atoms with van der Waals surface area (Å²) in [6.45, 7) is 6.15. The van der Waals surface area contributed by atoms with Crippen molar-refractivity contribution in [3.63, 3.8) is 0 Å². The molecule has 2 aromatic rings. The van der Waals surface area contributed by atoms with E-state index in [2.05, 4.69) is 22.6 Å². The maximum absolute atomic E-state index is 12.4. The molecule has 3 atom stereocenters. The van der Waals surface area contributed by atoms with E-state index >= 15 is 0 Å². The lowest BCUT2D eigenvalue weighted by atomic mass is 9.89. The van der Waals surface area contributed by atoms with Crippen LogP contribution in [-0.2, 0) is 16.1 Å². The number of benzene rings is 2. The van der Waals surface area contributed by atoms with Gasteiger partial charge in [-0.2, -0.15) is 0 Å². The zero-order valence-corrected chi connectivity index (χ0v) is 17.5. The minimum atomic E-state index is -0.510. The van der Waals surface area contributed by atoms with Crippen LogP contribution in [0.5, 0.6) is 5.75 Å². The Morgan fingerprint density at radius 3 is 2.42 bits per heavy atom. The first kappa shape index (κ1) is 20.7. The number of ether oxygens (including phenoxy) is 2. The largest absolute Gasteiger partial charge is 0.490 e. The molecule has 5 heteroatoms. The molecule has 2 aromatic carbocycles. The highest BCUT2D eigenvalue weighted by molar-refractivity contribution is 14.1. The van der Waals surface area contributed by atoms with Crippen molar-refractivity contribution in [3.05, 3.63) is 63.2 Å². The molecule has 4 nitrogen and oxygen atoms in total. The SMILES string of the molecule is CC(O)COc1ccc(C(C)C(C)C(=O)OCc2ccccc2)cc1I. The van der Waals surface area contributed by atoms with Crippen molar-refractivity contribution in [1.29, 1.82) is 0 Å². The molecular weight excluding hydrogens is 443 g/mol. The van der Waals surface area contributed by atoms with Crippen molar-refractivity contribution in [2.24, 2.45) is 5.92 Å². The molecular formula is C21H25IO4. The van der Waals surface area contributed by atoms with E-state index in [1.54, 1.807) is 6.92 Å². The fourth-order valence-electron chi connectivity index (χ4n) is 2.48. The molecule has 0 spiro atoms. The van der Waals surface area contributed by atoms with Crippen LogP contribution in [0.2, 0.25) is 0 Å². The predicted molar refractivity (Wildman–Crippen MR) is 110 cm³/mol. The number of hydrogen-bond acceptors (Lipinski definition) is 4. The smallest absolute Gasteiger partial charge is 0.309 e. The molecule has 3 unspecified atom stereocenters. The average molecular weight is 468 g/mol. The van der Waals surface area contributed by atoms with E-state index in [1.807, 2.05) is 62.4 Å². The number of aliphatic hydroxyl groups is 1. The zero-order chi connectivity index (χ0) is 19.1. The van der Waals surface area contributed by atoms with Crippen molar-refractivity contribution in [3.8, 4) is 5.75 Å². The summed E-state index contributed by atoms with van der Waals surface area (Å²) >= 11 is 2.21. The van der Waals surface area contributed by atoms with Crippen LogP contribution in [0.25, 0.3) is 0 Å². The van der Waals surface area contributed by atoms with Crippen molar-refractivity contribution in [2.45, 2.75) is 39.4 Å². The van der Waals surface area contributed by atoms with E-state index in [-0.39, 0.29) is 24.4 Å². The van der Waals surface area contributed by atoms with Gasteiger partial charge in [-0.05, 0) is 58.7 Å². The van der Waals surface area contributed by atoms with Gasteiger partial charge in [-0.3, -0.25) is 4.79 Å². The Bertz CT molecular complexity index is 715. The van der Waals surface area contributed by atoms with E-state index < -0.39 is 6.10 Å². The highest BCUT2D eigenvalue weighted by Crippen LogP contribution is 2.30. The fraction of sp³-hybridized carbons (Fsp3) is 0.381. The summed E-state index contributed by atoms with van der Waals surface area (Å²) in [4.78, 5) is 12.4. The number of rotatable bonds is 8. The number of esters is 1. The number of carbonyl (C=O) groups excluding carboxylic acids is 1. The van der Waals surface area contributed by atoms with Gasteiger partial charge in [0.2, 0.25) is 0 Å². The Morgan fingerprint density at radius 1 is 1.12 bits per heavy atom. The van der Waals surface area contributed by atoms with E-state index in [0.717, 1.165) is 20.4 Å². The second-order valence-corrected chi connectivity index (χ2v) is 7.68. The van der Waals surface area contributed by atoms with Crippen molar-refractivity contribution < 1.29 is 19.4 Å². The van der Waals surface area contributed by atoms with Gasteiger partial charge >= 0.3 is 5.97 Å².